The van der Waals surface area contributed by atoms with Gasteiger partial charge in [0.1, 0.15) is 0 Å². The molecule has 0 bridgehead atoms. The van der Waals surface area contributed by atoms with Gasteiger partial charge in [0.05, 0.1) is 27.9 Å². The minimum atomic E-state index is 0.435. The Morgan fingerprint density at radius 3 is 3.05 bits per heavy atom. The fourth-order valence-electron chi connectivity index (χ4n) is 2.33. The van der Waals surface area contributed by atoms with Crippen molar-refractivity contribution >= 4 is 37.5 Å². The van der Waals surface area contributed by atoms with Crippen molar-refractivity contribution in [2.75, 3.05) is 19.7 Å². The maximum atomic E-state index is 5.92. The van der Waals surface area contributed by atoms with Gasteiger partial charge in [0, 0.05) is 10.9 Å². The minimum absolute atomic E-state index is 0.435. The lowest BCUT2D eigenvalue weighted by atomic mass is 10.1. The number of nitrogens with zero attached hydrogens (tertiary/aromatic N) is 1. The highest BCUT2D eigenvalue weighted by atomic mass is 79.9. The average Bonchev–Trinajstić information content (AvgIpc) is 2.82. The second-order valence-corrected chi connectivity index (χ2v) is 6.82. The molecule has 102 valence electrons. The largest absolute Gasteiger partial charge is 0.378 e. The Balaban J connectivity index is 1.56. The highest BCUT2D eigenvalue weighted by molar-refractivity contribution is 9.10. The predicted molar refractivity (Wildman–Crippen MR) is 82.9 cm³/mol. The van der Waals surface area contributed by atoms with Gasteiger partial charge in [-0.15, -0.1) is 11.3 Å². The van der Waals surface area contributed by atoms with E-state index < -0.39 is 0 Å². The SMILES string of the molecule is Brc1ccc2nc(CCOC3CCNCC3)sc2c1. The summed E-state index contributed by atoms with van der Waals surface area (Å²) in [5.74, 6) is 0. The molecule has 1 aromatic heterocycles. The quantitative estimate of drug-likeness (QED) is 0.926. The number of rotatable bonds is 4. The first-order valence-corrected chi connectivity index (χ1v) is 8.29. The van der Waals surface area contributed by atoms with Crippen LogP contribution in [0.1, 0.15) is 17.8 Å². The minimum Gasteiger partial charge on any atom is -0.378 e. The van der Waals surface area contributed by atoms with Crippen LogP contribution in [0.4, 0.5) is 0 Å². The topological polar surface area (TPSA) is 34.1 Å². The van der Waals surface area contributed by atoms with Crippen LogP contribution < -0.4 is 5.32 Å². The van der Waals surface area contributed by atoms with E-state index in [-0.39, 0.29) is 0 Å². The number of aromatic nitrogens is 1. The van der Waals surface area contributed by atoms with Crippen LogP contribution in [0.25, 0.3) is 10.2 Å². The number of ether oxygens (including phenoxy) is 1. The molecule has 0 atom stereocenters. The fourth-order valence-corrected chi connectivity index (χ4v) is 3.83. The van der Waals surface area contributed by atoms with Crippen molar-refractivity contribution in [1.29, 1.82) is 0 Å². The first kappa shape index (κ1) is 13.5. The molecule has 1 aliphatic heterocycles. The predicted octanol–water partition coefficient (Wildman–Crippen LogP) is 3.37. The summed E-state index contributed by atoms with van der Waals surface area (Å²) < 4.78 is 8.28. The molecule has 2 aromatic rings. The van der Waals surface area contributed by atoms with E-state index in [9.17, 15) is 0 Å². The van der Waals surface area contributed by atoms with Gasteiger partial charge >= 0.3 is 0 Å². The smallest absolute Gasteiger partial charge is 0.0961 e. The molecular formula is C14H17BrN2OS. The Morgan fingerprint density at radius 2 is 2.21 bits per heavy atom. The van der Waals surface area contributed by atoms with Gasteiger partial charge in [-0.2, -0.15) is 0 Å². The fraction of sp³-hybridized carbons (Fsp3) is 0.500. The lowest BCUT2D eigenvalue weighted by Gasteiger charge is -2.22. The summed E-state index contributed by atoms with van der Waals surface area (Å²) in [5, 5.41) is 4.52. The summed E-state index contributed by atoms with van der Waals surface area (Å²) in [5.41, 5.74) is 1.09. The van der Waals surface area contributed by atoms with Crippen LogP contribution in [-0.4, -0.2) is 30.8 Å². The molecule has 3 nitrogen and oxygen atoms in total. The van der Waals surface area contributed by atoms with Gasteiger partial charge in [-0.25, -0.2) is 4.98 Å². The third kappa shape index (κ3) is 3.54. The maximum absolute atomic E-state index is 5.92. The van der Waals surface area contributed by atoms with Crippen LogP contribution >= 0.6 is 27.3 Å². The first-order chi connectivity index (χ1) is 9.31. The lowest BCUT2D eigenvalue weighted by Crippen LogP contribution is -2.32. The monoisotopic (exact) mass is 340 g/mol. The standard InChI is InChI=1S/C14H17BrN2OS/c15-10-1-2-12-13(9-10)19-14(17-12)5-8-18-11-3-6-16-7-4-11/h1-2,9,11,16H,3-8H2. The summed E-state index contributed by atoms with van der Waals surface area (Å²) in [6.45, 7) is 2.95. The van der Waals surface area contributed by atoms with Gasteiger partial charge in [0.25, 0.3) is 0 Å². The summed E-state index contributed by atoms with van der Waals surface area (Å²) >= 11 is 5.26. The van der Waals surface area contributed by atoms with Crippen LogP contribution in [0.2, 0.25) is 0 Å². The highest BCUT2D eigenvalue weighted by Crippen LogP contribution is 2.25. The van der Waals surface area contributed by atoms with E-state index in [1.165, 1.54) is 9.71 Å². The van der Waals surface area contributed by atoms with Crippen molar-refractivity contribution in [3.63, 3.8) is 0 Å². The first-order valence-electron chi connectivity index (χ1n) is 6.68. The van der Waals surface area contributed by atoms with Gasteiger partial charge in [-0.05, 0) is 44.1 Å². The molecule has 5 heteroatoms. The molecule has 3 rings (SSSR count). The number of halogens is 1. The van der Waals surface area contributed by atoms with Crippen LogP contribution in [-0.2, 0) is 11.2 Å². The second kappa shape index (κ2) is 6.31. The molecule has 0 unspecified atom stereocenters. The Kier molecular flexibility index (Phi) is 4.48. The molecule has 1 aromatic carbocycles. The Labute approximate surface area is 125 Å². The molecule has 0 amide bonds. The Hall–Kier alpha value is -0.490. The second-order valence-electron chi connectivity index (χ2n) is 4.79. The number of hydrogen-bond donors (Lipinski definition) is 1. The van der Waals surface area contributed by atoms with Crippen molar-refractivity contribution in [3.05, 3.63) is 27.7 Å². The summed E-state index contributed by atoms with van der Waals surface area (Å²) in [6.07, 6.45) is 3.62. The third-order valence-electron chi connectivity index (χ3n) is 3.35. The van der Waals surface area contributed by atoms with Gasteiger partial charge in [-0.3, -0.25) is 0 Å². The van der Waals surface area contributed by atoms with E-state index in [0.29, 0.717) is 6.10 Å². The van der Waals surface area contributed by atoms with Gasteiger partial charge < -0.3 is 10.1 Å². The maximum Gasteiger partial charge on any atom is 0.0961 e. The molecule has 0 aliphatic carbocycles. The van der Waals surface area contributed by atoms with Crippen molar-refractivity contribution in [1.82, 2.24) is 10.3 Å². The third-order valence-corrected chi connectivity index (χ3v) is 4.92. The van der Waals surface area contributed by atoms with E-state index in [1.54, 1.807) is 11.3 Å². The molecule has 2 heterocycles. The molecule has 1 fully saturated rings. The lowest BCUT2D eigenvalue weighted by molar-refractivity contribution is 0.0349. The number of benzene rings is 1. The molecule has 0 radical (unpaired) electrons. The number of nitrogens with one attached hydrogen (secondary N) is 1. The zero-order chi connectivity index (χ0) is 13.1. The number of hydrogen-bond acceptors (Lipinski definition) is 4. The van der Waals surface area contributed by atoms with Crippen LogP contribution in [0, 0.1) is 0 Å². The van der Waals surface area contributed by atoms with E-state index in [2.05, 4.69) is 38.4 Å². The molecule has 1 aliphatic rings. The summed E-state index contributed by atoms with van der Waals surface area (Å²) in [6, 6.07) is 6.23. The Bertz CT molecular complexity index is 551. The van der Waals surface area contributed by atoms with Crippen molar-refractivity contribution in [3.8, 4) is 0 Å². The molecule has 0 saturated carbocycles. The average molecular weight is 341 g/mol. The van der Waals surface area contributed by atoms with E-state index in [4.69, 9.17) is 4.74 Å². The van der Waals surface area contributed by atoms with Crippen LogP contribution in [0.15, 0.2) is 22.7 Å². The zero-order valence-electron chi connectivity index (χ0n) is 10.7. The molecule has 1 saturated heterocycles. The van der Waals surface area contributed by atoms with Gasteiger partial charge in [0.15, 0.2) is 0 Å². The number of piperidine rings is 1. The summed E-state index contributed by atoms with van der Waals surface area (Å²) in [7, 11) is 0. The normalized spacial score (nSPS) is 17.1. The van der Waals surface area contributed by atoms with E-state index in [1.807, 2.05) is 6.07 Å². The van der Waals surface area contributed by atoms with Gasteiger partial charge in [-0.1, -0.05) is 15.9 Å². The molecule has 0 spiro atoms. The van der Waals surface area contributed by atoms with E-state index in [0.717, 1.165) is 48.9 Å². The summed E-state index contributed by atoms with van der Waals surface area (Å²) in [4.78, 5) is 4.64. The van der Waals surface area contributed by atoms with Crippen LogP contribution in [0.5, 0.6) is 0 Å². The van der Waals surface area contributed by atoms with Gasteiger partial charge in [0.2, 0.25) is 0 Å². The van der Waals surface area contributed by atoms with Crippen LogP contribution in [0.3, 0.4) is 0 Å². The van der Waals surface area contributed by atoms with Crippen molar-refractivity contribution in [2.24, 2.45) is 0 Å². The number of fused-ring (bicyclic) bond motifs is 1. The van der Waals surface area contributed by atoms with Crippen molar-refractivity contribution in [2.45, 2.75) is 25.4 Å². The van der Waals surface area contributed by atoms with E-state index >= 15 is 0 Å². The molecule has 1 N–H and O–H groups in total. The zero-order valence-corrected chi connectivity index (χ0v) is 13.1. The molecular weight excluding hydrogens is 324 g/mol. The number of thiazole rings is 1. The van der Waals surface area contributed by atoms with Crippen molar-refractivity contribution < 1.29 is 4.74 Å². The molecule has 19 heavy (non-hydrogen) atoms. The Morgan fingerprint density at radius 1 is 1.37 bits per heavy atom. The highest BCUT2D eigenvalue weighted by Gasteiger charge is 2.13.